The van der Waals surface area contributed by atoms with Gasteiger partial charge in [-0.1, -0.05) is 13.8 Å². The van der Waals surface area contributed by atoms with Crippen molar-refractivity contribution in [1.29, 1.82) is 0 Å². The van der Waals surface area contributed by atoms with Crippen LogP contribution in [0.5, 0.6) is 0 Å². The van der Waals surface area contributed by atoms with Gasteiger partial charge in [-0.25, -0.2) is 4.98 Å². The molecule has 2 N–H and O–H groups in total. The molecule has 1 aromatic rings. The van der Waals surface area contributed by atoms with E-state index in [0.717, 1.165) is 18.9 Å². The van der Waals surface area contributed by atoms with E-state index in [2.05, 4.69) is 39.3 Å². The second-order valence-corrected chi connectivity index (χ2v) is 6.43. The van der Waals surface area contributed by atoms with Crippen molar-refractivity contribution >= 4 is 30.1 Å². The van der Waals surface area contributed by atoms with Gasteiger partial charge in [0.2, 0.25) is 11.9 Å². The van der Waals surface area contributed by atoms with Crippen LogP contribution in [0, 0.1) is 11.8 Å². The van der Waals surface area contributed by atoms with E-state index in [-0.39, 0.29) is 24.4 Å². The molecule has 7 nitrogen and oxygen atoms in total. The summed E-state index contributed by atoms with van der Waals surface area (Å²) in [5.74, 6) is 2.40. The van der Waals surface area contributed by atoms with E-state index in [0.29, 0.717) is 37.4 Å². The molecule has 1 aliphatic heterocycles. The Morgan fingerprint density at radius 3 is 2.84 bits per heavy atom. The lowest BCUT2D eigenvalue weighted by molar-refractivity contribution is -0.123. The van der Waals surface area contributed by atoms with Crippen molar-refractivity contribution in [2.45, 2.75) is 33.2 Å². The number of carbonyl (C=O) groups is 1. The molecule has 1 saturated heterocycles. The van der Waals surface area contributed by atoms with Crippen LogP contribution in [0.25, 0.3) is 0 Å². The number of ether oxygens (including phenoxy) is 1. The average molecular weight is 372 g/mol. The second kappa shape index (κ2) is 10.4. The zero-order valence-corrected chi connectivity index (χ0v) is 16.3. The summed E-state index contributed by atoms with van der Waals surface area (Å²) in [6.07, 6.45) is 2.16. The standard InChI is InChI=1S/C17H29N5O2.ClH/c1-5-24-9-7-16(23)20-14-11-22(10-13(14)12(2)3)17-19-8-6-15(18-4)21-17;/h6,8,12-14H,5,7,9-11H2,1-4H3,(H,20,23)(H,18,19,21);1H/t13-,14+;/m1./s1. The maximum Gasteiger partial charge on any atom is 0.227 e. The van der Waals surface area contributed by atoms with Gasteiger partial charge in [-0.3, -0.25) is 4.79 Å². The minimum Gasteiger partial charge on any atom is -0.381 e. The number of anilines is 2. The van der Waals surface area contributed by atoms with Crippen molar-refractivity contribution in [3.05, 3.63) is 12.3 Å². The van der Waals surface area contributed by atoms with Gasteiger partial charge in [-0.05, 0) is 18.9 Å². The molecule has 1 fully saturated rings. The van der Waals surface area contributed by atoms with Crippen molar-refractivity contribution in [2.75, 3.05) is 43.6 Å². The third-order valence-electron chi connectivity index (χ3n) is 4.43. The van der Waals surface area contributed by atoms with Crippen LogP contribution in [-0.2, 0) is 9.53 Å². The van der Waals surface area contributed by atoms with Crippen molar-refractivity contribution in [3.8, 4) is 0 Å². The highest BCUT2D eigenvalue weighted by molar-refractivity contribution is 5.85. The largest absolute Gasteiger partial charge is 0.381 e. The molecule has 0 unspecified atom stereocenters. The summed E-state index contributed by atoms with van der Waals surface area (Å²) < 4.78 is 5.26. The molecule has 0 aliphatic carbocycles. The first kappa shape index (κ1) is 21.4. The number of nitrogens with one attached hydrogen (secondary N) is 2. The molecule has 25 heavy (non-hydrogen) atoms. The van der Waals surface area contributed by atoms with E-state index in [9.17, 15) is 4.79 Å². The summed E-state index contributed by atoms with van der Waals surface area (Å²) in [5.41, 5.74) is 0. The first-order valence-electron chi connectivity index (χ1n) is 8.68. The zero-order chi connectivity index (χ0) is 17.5. The van der Waals surface area contributed by atoms with Gasteiger partial charge >= 0.3 is 0 Å². The number of nitrogens with zero attached hydrogens (tertiary/aromatic N) is 3. The maximum absolute atomic E-state index is 12.1. The second-order valence-electron chi connectivity index (χ2n) is 6.43. The van der Waals surface area contributed by atoms with Crippen LogP contribution in [0.1, 0.15) is 27.2 Å². The van der Waals surface area contributed by atoms with Gasteiger partial charge in [0, 0.05) is 45.3 Å². The van der Waals surface area contributed by atoms with E-state index in [1.807, 2.05) is 20.0 Å². The van der Waals surface area contributed by atoms with Gasteiger partial charge < -0.3 is 20.3 Å². The van der Waals surface area contributed by atoms with Crippen LogP contribution in [-0.4, -0.2) is 55.3 Å². The van der Waals surface area contributed by atoms with Gasteiger partial charge in [0.25, 0.3) is 0 Å². The number of aromatic nitrogens is 2. The van der Waals surface area contributed by atoms with Gasteiger partial charge in [0.15, 0.2) is 0 Å². The van der Waals surface area contributed by atoms with Crippen LogP contribution in [0.15, 0.2) is 12.3 Å². The monoisotopic (exact) mass is 371 g/mol. The first-order chi connectivity index (χ1) is 11.5. The van der Waals surface area contributed by atoms with E-state index in [1.165, 1.54) is 0 Å². The molecular formula is C17H30ClN5O2. The fraction of sp³-hybridized carbons (Fsp3) is 0.706. The summed E-state index contributed by atoms with van der Waals surface area (Å²) >= 11 is 0. The minimum atomic E-state index is 0. The molecule has 1 amide bonds. The van der Waals surface area contributed by atoms with E-state index >= 15 is 0 Å². The Bertz CT molecular complexity index is 544. The predicted molar refractivity (Wildman–Crippen MR) is 102 cm³/mol. The molecule has 2 heterocycles. The van der Waals surface area contributed by atoms with Gasteiger partial charge in [0.05, 0.1) is 12.6 Å². The highest BCUT2D eigenvalue weighted by Gasteiger charge is 2.36. The third kappa shape index (κ3) is 6.01. The molecule has 0 aromatic carbocycles. The number of halogens is 1. The third-order valence-corrected chi connectivity index (χ3v) is 4.43. The molecule has 2 atom stereocenters. The SMILES string of the molecule is CCOCCC(=O)N[C@H]1CN(c2nccc(NC)n2)C[C@@H]1C(C)C.Cl. The first-order valence-corrected chi connectivity index (χ1v) is 8.68. The predicted octanol–water partition coefficient (Wildman–Crippen LogP) is 1.94. The van der Waals surface area contributed by atoms with Crippen LogP contribution in [0.3, 0.4) is 0 Å². The average Bonchev–Trinajstić information content (AvgIpc) is 2.99. The number of hydrogen-bond acceptors (Lipinski definition) is 6. The Balaban J connectivity index is 0.00000312. The molecule has 0 radical (unpaired) electrons. The number of rotatable bonds is 8. The van der Waals surface area contributed by atoms with Gasteiger partial charge in [-0.15, -0.1) is 12.4 Å². The van der Waals surface area contributed by atoms with Crippen molar-refractivity contribution in [1.82, 2.24) is 15.3 Å². The molecule has 0 bridgehead atoms. The maximum atomic E-state index is 12.1. The van der Waals surface area contributed by atoms with Crippen molar-refractivity contribution < 1.29 is 9.53 Å². The Kier molecular flexibility index (Phi) is 8.92. The lowest BCUT2D eigenvalue weighted by Gasteiger charge is -2.22. The number of amides is 1. The molecule has 142 valence electrons. The fourth-order valence-corrected chi connectivity index (χ4v) is 3.05. The van der Waals surface area contributed by atoms with E-state index in [1.54, 1.807) is 6.20 Å². The summed E-state index contributed by atoms with van der Waals surface area (Å²) in [5, 5.41) is 6.20. The van der Waals surface area contributed by atoms with E-state index in [4.69, 9.17) is 4.74 Å². The summed E-state index contributed by atoms with van der Waals surface area (Å²) in [6, 6.07) is 1.95. The molecule has 2 rings (SSSR count). The summed E-state index contributed by atoms with van der Waals surface area (Å²) in [6.45, 7) is 9.01. The minimum absolute atomic E-state index is 0. The van der Waals surface area contributed by atoms with Gasteiger partial charge in [-0.2, -0.15) is 4.98 Å². The lowest BCUT2D eigenvalue weighted by Crippen LogP contribution is -2.42. The summed E-state index contributed by atoms with van der Waals surface area (Å²) in [7, 11) is 1.84. The molecule has 0 saturated carbocycles. The van der Waals surface area contributed by atoms with Crippen LogP contribution < -0.4 is 15.5 Å². The molecule has 0 spiro atoms. The highest BCUT2D eigenvalue weighted by Crippen LogP contribution is 2.27. The van der Waals surface area contributed by atoms with Gasteiger partial charge in [0.1, 0.15) is 5.82 Å². The molecule has 1 aromatic heterocycles. The fourth-order valence-electron chi connectivity index (χ4n) is 3.05. The number of carbonyl (C=O) groups excluding carboxylic acids is 1. The molecule has 1 aliphatic rings. The smallest absolute Gasteiger partial charge is 0.227 e. The Morgan fingerprint density at radius 2 is 2.20 bits per heavy atom. The lowest BCUT2D eigenvalue weighted by atomic mass is 9.91. The Morgan fingerprint density at radius 1 is 1.44 bits per heavy atom. The quantitative estimate of drug-likeness (QED) is 0.680. The summed E-state index contributed by atoms with van der Waals surface area (Å²) in [4.78, 5) is 23.2. The van der Waals surface area contributed by atoms with Crippen LogP contribution >= 0.6 is 12.4 Å². The highest BCUT2D eigenvalue weighted by atomic mass is 35.5. The van der Waals surface area contributed by atoms with Crippen molar-refractivity contribution in [2.24, 2.45) is 11.8 Å². The van der Waals surface area contributed by atoms with Crippen molar-refractivity contribution in [3.63, 3.8) is 0 Å². The zero-order valence-electron chi connectivity index (χ0n) is 15.5. The molecular weight excluding hydrogens is 342 g/mol. The van der Waals surface area contributed by atoms with E-state index < -0.39 is 0 Å². The molecule has 8 heteroatoms. The van der Waals surface area contributed by atoms with Crippen LogP contribution in [0.4, 0.5) is 11.8 Å². The topological polar surface area (TPSA) is 79.4 Å². The van der Waals surface area contributed by atoms with Crippen LogP contribution in [0.2, 0.25) is 0 Å². The Hall–Kier alpha value is -1.60. The normalized spacial score (nSPS) is 19.6. The Labute approximate surface area is 156 Å². The number of hydrogen-bond donors (Lipinski definition) is 2.